The molecule has 0 bridgehead atoms. The molecule has 0 aliphatic heterocycles. The van der Waals surface area contributed by atoms with Crippen LogP contribution in [0.15, 0.2) is 0 Å². The van der Waals surface area contributed by atoms with Crippen LogP contribution in [0.3, 0.4) is 0 Å². The van der Waals surface area contributed by atoms with Gasteiger partial charge < -0.3 is 9.80 Å². The summed E-state index contributed by atoms with van der Waals surface area (Å²) < 4.78 is 184. The lowest BCUT2D eigenvalue weighted by Gasteiger charge is -2.48. The van der Waals surface area contributed by atoms with Crippen LogP contribution >= 0.6 is 0 Å². The number of amidine groups is 2. The van der Waals surface area contributed by atoms with Gasteiger partial charge in [0.1, 0.15) is 0 Å². The zero-order chi connectivity index (χ0) is 35.8. The Hall–Kier alpha value is -1.90. The molecule has 4 aliphatic carbocycles. The first-order valence-corrected chi connectivity index (χ1v) is 17.3. The Labute approximate surface area is 273 Å². The molecule has 0 atom stereocenters. The predicted molar refractivity (Wildman–Crippen MR) is 156 cm³/mol. The Morgan fingerprint density at radius 2 is 0.521 bits per heavy atom. The normalized spacial score (nSPS) is 22.8. The SMILES string of the molecule is N=C(N(C1CCCCC1)C1CCCCC1)C(F)(F)C(F)(F)C(F)(F)C(F)(F)C(F)(F)C(F)(F)C(=N)N(C1CCCCC1)C1CCCCC1. The van der Waals surface area contributed by atoms with Gasteiger partial charge in [-0.3, -0.25) is 10.8 Å². The number of halogens is 12. The first kappa shape index (κ1) is 38.9. The topological polar surface area (TPSA) is 54.2 Å². The Morgan fingerprint density at radius 1 is 0.333 bits per heavy atom. The van der Waals surface area contributed by atoms with Gasteiger partial charge in [-0.2, -0.15) is 52.7 Å². The predicted octanol–water partition coefficient (Wildman–Crippen LogP) is 10.7. The van der Waals surface area contributed by atoms with Crippen LogP contribution in [0.25, 0.3) is 0 Å². The highest BCUT2D eigenvalue weighted by atomic mass is 19.4. The van der Waals surface area contributed by atoms with Crippen molar-refractivity contribution in [2.45, 2.75) is 188 Å². The lowest BCUT2D eigenvalue weighted by molar-refractivity contribution is -0.412. The van der Waals surface area contributed by atoms with Gasteiger partial charge in [0.05, 0.1) is 0 Å². The molecule has 0 unspecified atom stereocenters. The number of hydrogen-bond donors (Lipinski definition) is 2. The molecule has 4 fully saturated rings. The van der Waals surface area contributed by atoms with Gasteiger partial charge in [-0.05, 0) is 51.4 Å². The highest BCUT2D eigenvalue weighted by Crippen LogP contribution is 2.61. The summed E-state index contributed by atoms with van der Waals surface area (Å²) in [4.78, 5) is 1.10. The van der Waals surface area contributed by atoms with E-state index in [2.05, 4.69) is 0 Å². The fraction of sp³-hybridized carbons (Fsp3) is 0.938. The monoisotopic (exact) mass is 714 g/mol. The summed E-state index contributed by atoms with van der Waals surface area (Å²) in [5, 5.41) is 16.1. The summed E-state index contributed by atoms with van der Waals surface area (Å²) in [7, 11) is 0. The second kappa shape index (κ2) is 14.4. The Bertz CT molecular complexity index is 984. The van der Waals surface area contributed by atoms with Gasteiger partial charge in [0, 0.05) is 24.2 Å². The summed E-state index contributed by atoms with van der Waals surface area (Å²) in [6, 6.07) is -3.94. The Balaban J connectivity index is 1.68. The second-order valence-electron chi connectivity index (χ2n) is 14.1. The van der Waals surface area contributed by atoms with Crippen molar-refractivity contribution in [3.05, 3.63) is 0 Å². The standard InChI is InChI=1S/C32H46F12N4/c33-27(34,25(45)47(21-13-5-1-6-14-21)22-15-7-2-8-16-22)29(37,38)31(41,42)32(43,44)30(39,40)28(35,36)26(46)48(23-17-9-3-10-18-23)24-19-11-4-12-20-24/h21-24,45-46H,1-20H2. The van der Waals surface area contributed by atoms with Crippen LogP contribution in [0.4, 0.5) is 52.7 Å². The van der Waals surface area contributed by atoms with Gasteiger partial charge in [-0.1, -0.05) is 77.0 Å². The van der Waals surface area contributed by atoms with E-state index in [1.54, 1.807) is 0 Å². The van der Waals surface area contributed by atoms with Gasteiger partial charge in [-0.15, -0.1) is 0 Å². The van der Waals surface area contributed by atoms with Crippen LogP contribution < -0.4 is 0 Å². The van der Waals surface area contributed by atoms with Crippen molar-refractivity contribution < 1.29 is 52.7 Å². The maximum absolute atomic E-state index is 15.5. The lowest BCUT2D eigenvalue weighted by Crippen LogP contribution is -2.74. The fourth-order valence-corrected chi connectivity index (χ4v) is 8.17. The third kappa shape index (κ3) is 6.64. The molecule has 0 amide bonds. The van der Waals surface area contributed by atoms with Crippen molar-refractivity contribution in [2.75, 3.05) is 0 Å². The Kier molecular flexibility index (Phi) is 11.7. The van der Waals surface area contributed by atoms with Crippen molar-refractivity contribution >= 4 is 11.7 Å². The molecular weight excluding hydrogens is 668 g/mol. The number of hydrogen-bond acceptors (Lipinski definition) is 2. The maximum atomic E-state index is 15.5. The molecule has 48 heavy (non-hydrogen) atoms. The zero-order valence-electron chi connectivity index (χ0n) is 26.9. The molecule has 0 radical (unpaired) electrons. The van der Waals surface area contributed by atoms with E-state index >= 15 is 52.7 Å². The van der Waals surface area contributed by atoms with E-state index in [1.165, 1.54) is 0 Å². The van der Waals surface area contributed by atoms with Crippen LogP contribution in [0, 0.1) is 10.8 Å². The fourth-order valence-electron chi connectivity index (χ4n) is 8.17. The molecule has 0 aromatic rings. The quantitative estimate of drug-likeness (QED) is 0.127. The van der Waals surface area contributed by atoms with Crippen LogP contribution in [-0.2, 0) is 0 Å². The molecule has 0 heterocycles. The van der Waals surface area contributed by atoms with Gasteiger partial charge in [0.2, 0.25) is 0 Å². The first-order valence-electron chi connectivity index (χ1n) is 17.3. The highest BCUT2D eigenvalue weighted by molar-refractivity contribution is 5.89. The minimum atomic E-state index is -7.78. The van der Waals surface area contributed by atoms with Crippen LogP contribution in [0.5, 0.6) is 0 Å². The summed E-state index contributed by atoms with van der Waals surface area (Å²) in [5.41, 5.74) is 0. The second-order valence-corrected chi connectivity index (χ2v) is 14.1. The lowest BCUT2D eigenvalue weighted by atomic mass is 9.85. The van der Waals surface area contributed by atoms with E-state index in [0.717, 1.165) is 0 Å². The van der Waals surface area contributed by atoms with Gasteiger partial charge in [-0.25, -0.2) is 0 Å². The third-order valence-corrected chi connectivity index (χ3v) is 11.0. The third-order valence-electron chi connectivity index (χ3n) is 11.0. The van der Waals surface area contributed by atoms with Gasteiger partial charge in [0.25, 0.3) is 0 Å². The molecule has 0 aromatic heterocycles. The maximum Gasteiger partial charge on any atom is 0.385 e. The number of nitrogens with one attached hydrogen (secondary N) is 2. The smallest absolute Gasteiger partial charge is 0.349 e. The summed E-state index contributed by atoms with van der Waals surface area (Å²) in [6.07, 6.45) is 7.05. The minimum Gasteiger partial charge on any atom is -0.349 e. The van der Waals surface area contributed by atoms with Crippen LogP contribution in [-0.4, -0.2) is 81.2 Å². The summed E-state index contributed by atoms with van der Waals surface area (Å²) >= 11 is 0. The van der Waals surface area contributed by atoms with E-state index in [4.69, 9.17) is 10.8 Å². The van der Waals surface area contributed by atoms with Crippen molar-refractivity contribution in [2.24, 2.45) is 0 Å². The van der Waals surface area contributed by atoms with E-state index in [0.29, 0.717) is 86.8 Å². The molecule has 4 aliphatic rings. The van der Waals surface area contributed by atoms with E-state index < -0.39 is 71.4 Å². The number of nitrogens with zero attached hydrogens (tertiary/aromatic N) is 2. The average molecular weight is 715 g/mol. The number of alkyl halides is 12. The van der Waals surface area contributed by atoms with Crippen molar-refractivity contribution in [3.8, 4) is 0 Å². The van der Waals surface area contributed by atoms with Gasteiger partial charge >= 0.3 is 35.5 Å². The average Bonchev–Trinajstić information content (AvgIpc) is 3.06. The minimum absolute atomic E-state index is 0.123. The van der Waals surface area contributed by atoms with E-state index in [-0.39, 0.29) is 51.4 Å². The molecular formula is C32H46F12N4. The summed E-state index contributed by atoms with van der Waals surface area (Å²) in [6.45, 7) is 0. The molecule has 0 saturated heterocycles. The molecule has 2 N–H and O–H groups in total. The molecule has 4 nitrogen and oxygen atoms in total. The summed E-state index contributed by atoms with van der Waals surface area (Å²) in [5.74, 6) is -48.1. The zero-order valence-corrected chi connectivity index (χ0v) is 26.9. The largest absolute Gasteiger partial charge is 0.385 e. The molecule has 16 heteroatoms. The molecule has 0 aromatic carbocycles. The van der Waals surface area contributed by atoms with Crippen LogP contribution in [0.2, 0.25) is 0 Å². The first-order chi connectivity index (χ1) is 22.2. The molecule has 4 saturated carbocycles. The molecule has 278 valence electrons. The molecule has 4 rings (SSSR count). The molecule has 0 spiro atoms. The highest BCUT2D eigenvalue weighted by Gasteiger charge is 2.91. The van der Waals surface area contributed by atoms with E-state index in [1.807, 2.05) is 0 Å². The number of rotatable bonds is 11. The van der Waals surface area contributed by atoms with Gasteiger partial charge in [0.15, 0.2) is 11.7 Å². The van der Waals surface area contributed by atoms with Crippen LogP contribution in [0.1, 0.15) is 128 Å². The Morgan fingerprint density at radius 3 is 0.708 bits per heavy atom. The van der Waals surface area contributed by atoms with Crippen molar-refractivity contribution in [1.29, 1.82) is 10.8 Å². The van der Waals surface area contributed by atoms with E-state index in [9.17, 15) is 0 Å². The van der Waals surface area contributed by atoms with Crippen molar-refractivity contribution in [3.63, 3.8) is 0 Å². The van der Waals surface area contributed by atoms with Crippen molar-refractivity contribution in [1.82, 2.24) is 9.80 Å².